The van der Waals surface area contributed by atoms with Crippen LogP contribution in [0, 0.1) is 0 Å². The molecule has 0 aromatic heterocycles. The van der Waals surface area contributed by atoms with Crippen molar-refractivity contribution in [3.63, 3.8) is 0 Å². The summed E-state index contributed by atoms with van der Waals surface area (Å²) in [4.78, 5) is 11.2. The number of hydrogen-bond donors (Lipinski definition) is 1. The minimum atomic E-state index is -0.912. The third kappa shape index (κ3) is 4.07. The van der Waals surface area contributed by atoms with Gasteiger partial charge >= 0.3 is 0 Å². The normalized spacial score (nSPS) is 11.1. The fourth-order valence-corrected chi connectivity index (χ4v) is 1.26. The van der Waals surface area contributed by atoms with E-state index < -0.39 is 5.60 Å². The molecule has 94 valence electrons. The molecule has 1 N–H and O–H groups in total. The Hall–Kier alpha value is -1.55. The Balaban J connectivity index is 2.89. The van der Waals surface area contributed by atoms with E-state index in [9.17, 15) is 9.90 Å². The molecule has 0 fully saturated rings. The van der Waals surface area contributed by atoms with E-state index in [1.807, 2.05) is 0 Å². The predicted octanol–water partition coefficient (Wildman–Crippen LogP) is 2.05. The topological polar surface area (TPSA) is 55.8 Å². The molecular formula is C13H18O4. The van der Waals surface area contributed by atoms with Crippen molar-refractivity contribution in [2.24, 2.45) is 0 Å². The minimum Gasteiger partial charge on any atom is -0.493 e. The van der Waals surface area contributed by atoms with Crippen LogP contribution in [-0.4, -0.2) is 30.2 Å². The number of carbonyl (C=O) groups is 1. The summed E-state index contributed by atoms with van der Waals surface area (Å²) in [7, 11) is 1.51. The zero-order valence-electron chi connectivity index (χ0n) is 10.6. The van der Waals surface area contributed by atoms with E-state index in [-0.39, 0.29) is 12.4 Å². The molecule has 0 aliphatic rings. The van der Waals surface area contributed by atoms with Gasteiger partial charge in [0.05, 0.1) is 12.7 Å². The van der Waals surface area contributed by atoms with Gasteiger partial charge in [-0.3, -0.25) is 4.79 Å². The average Bonchev–Trinajstić information content (AvgIpc) is 2.24. The molecule has 0 unspecified atom stereocenters. The van der Waals surface area contributed by atoms with Crippen molar-refractivity contribution in [2.75, 3.05) is 13.7 Å². The average molecular weight is 238 g/mol. The van der Waals surface area contributed by atoms with Crippen molar-refractivity contribution >= 4 is 5.78 Å². The third-order valence-electron chi connectivity index (χ3n) is 2.15. The van der Waals surface area contributed by atoms with Gasteiger partial charge in [0.1, 0.15) is 6.61 Å². The summed E-state index contributed by atoms with van der Waals surface area (Å²) in [6, 6.07) is 4.97. The van der Waals surface area contributed by atoms with Gasteiger partial charge in [0.2, 0.25) is 0 Å². The number of Topliss-reactive ketones (excluding diaryl/α,β-unsaturated/α-hetero) is 1. The fourth-order valence-electron chi connectivity index (χ4n) is 1.26. The van der Waals surface area contributed by atoms with E-state index in [2.05, 4.69) is 0 Å². The lowest BCUT2D eigenvalue weighted by atomic mass is 10.1. The Morgan fingerprint density at radius 2 is 2.00 bits per heavy atom. The third-order valence-corrected chi connectivity index (χ3v) is 2.15. The van der Waals surface area contributed by atoms with Crippen LogP contribution in [0.2, 0.25) is 0 Å². The van der Waals surface area contributed by atoms with E-state index in [0.717, 1.165) is 0 Å². The maximum absolute atomic E-state index is 11.2. The summed E-state index contributed by atoms with van der Waals surface area (Å²) in [5, 5.41) is 9.57. The lowest BCUT2D eigenvalue weighted by molar-refractivity contribution is 0.0276. The highest BCUT2D eigenvalue weighted by Crippen LogP contribution is 2.28. The van der Waals surface area contributed by atoms with Gasteiger partial charge < -0.3 is 14.6 Å². The number of benzene rings is 1. The summed E-state index contributed by atoms with van der Waals surface area (Å²) in [6.45, 7) is 4.96. The first kappa shape index (κ1) is 13.5. The highest BCUT2D eigenvalue weighted by atomic mass is 16.5. The van der Waals surface area contributed by atoms with Crippen molar-refractivity contribution in [3.05, 3.63) is 23.8 Å². The van der Waals surface area contributed by atoms with Crippen molar-refractivity contribution in [1.82, 2.24) is 0 Å². The molecule has 0 aliphatic heterocycles. The lowest BCUT2D eigenvalue weighted by Crippen LogP contribution is -2.28. The molecule has 4 nitrogen and oxygen atoms in total. The van der Waals surface area contributed by atoms with Crippen LogP contribution in [0.15, 0.2) is 18.2 Å². The molecule has 0 spiro atoms. The second kappa shape index (κ2) is 5.19. The smallest absolute Gasteiger partial charge is 0.161 e. The number of carbonyl (C=O) groups excluding carboxylic acids is 1. The second-order valence-electron chi connectivity index (χ2n) is 4.52. The standard InChI is InChI=1S/C13H18O4/c1-9(14)10-5-6-11(12(7-10)16-4)17-8-13(2,3)15/h5-7,15H,8H2,1-4H3. The van der Waals surface area contributed by atoms with Crippen LogP contribution in [-0.2, 0) is 0 Å². The largest absolute Gasteiger partial charge is 0.493 e. The molecule has 0 saturated carbocycles. The number of aliphatic hydroxyl groups is 1. The van der Waals surface area contributed by atoms with E-state index in [1.54, 1.807) is 32.0 Å². The Bertz CT molecular complexity index is 404. The van der Waals surface area contributed by atoms with Gasteiger partial charge in [-0.05, 0) is 39.0 Å². The van der Waals surface area contributed by atoms with Crippen molar-refractivity contribution in [1.29, 1.82) is 0 Å². The summed E-state index contributed by atoms with van der Waals surface area (Å²) in [5.41, 5.74) is -0.345. The van der Waals surface area contributed by atoms with Gasteiger partial charge in [-0.25, -0.2) is 0 Å². The second-order valence-corrected chi connectivity index (χ2v) is 4.52. The molecular weight excluding hydrogens is 220 g/mol. The Labute approximate surface area is 101 Å². The molecule has 0 aliphatic carbocycles. The molecule has 0 atom stereocenters. The van der Waals surface area contributed by atoms with Crippen molar-refractivity contribution < 1.29 is 19.4 Å². The Morgan fingerprint density at radius 1 is 1.35 bits per heavy atom. The number of ketones is 1. The molecule has 0 radical (unpaired) electrons. The first-order valence-electron chi connectivity index (χ1n) is 5.37. The highest BCUT2D eigenvalue weighted by molar-refractivity contribution is 5.94. The van der Waals surface area contributed by atoms with Crippen LogP contribution < -0.4 is 9.47 Å². The Morgan fingerprint density at radius 3 is 2.47 bits per heavy atom. The molecule has 0 heterocycles. The summed E-state index contributed by atoms with van der Waals surface area (Å²) in [6.07, 6.45) is 0. The van der Waals surface area contributed by atoms with E-state index in [1.165, 1.54) is 14.0 Å². The molecule has 1 aromatic carbocycles. The van der Waals surface area contributed by atoms with Crippen molar-refractivity contribution in [2.45, 2.75) is 26.4 Å². The number of rotatable bonds is 5. The quantitative estimate of drug-likeness (QED) is 0.798. The van der Waals surface area contributed by atoms with Crippen LogP contribution >= 0.6 is 0 Å². The summed E-state index contributed by atoms with van der Waals surface area (Å²) < 4.78 is 10.6. The number of ether oxygens (including phenoxy) is 2. The molecule has 17 heavy (non-hydrogen) atoms. The number of hydrogen-bond acceptors (Lipinski definition) is 4. The van der Waals surface area contributed by atoms with Gasteiger partial charge in [-0.1, -0.05) is 0 Å². The summed E-state index contributed by atoms with van der Waals surface area (Å²) >= 11 is 0. The van der Waals surface area contributed by atoms with Crippen molar-refractivity contribution in [3.8, 4) is 11.5 Å². The van der Waals surface area contributed by atoms with Gasteiger partial charge in [0.15, 0.2) is 17.3 Å². The van der Waals surface area contributed by atoms with E-state index in [4.69, 9.17) is 9.47 Å². The molecule has 4 heteroatoms. The van der Waals surface area contributed by atoms with E-state index in [0.29, 0.717) is 17.1 Å². The minimum absolute atomic E-state index is 0.0302. The van der Waals surface area contributed by atoms with Gasteiger partial charge in [0, 0.05) is 5.56 Å². The van der Waals surface area contributed by atoms with Crippen LogP contribution in [0.25, 0.3) is 0 Å². The highest BCUT2D eigenvalue weighted by Gasteiger charge is 2.15. The molecule has 0 saturated heterocycles. The van der Waals surface area contributed by atoms with Gasteiger partial charge in [0.25, 0.3) is 0 Å². The molecule has 1 aromatic rings. The van der Waals surface area contributed by atoms with Gasteiger partial charge in [-0.15, -0.1) is 0 Å². The van der Waals surface area contributed by atoms with Crippen LogP contribution in [0.1, 0.15) is 31.1 Å². The lowest BCUT2D eigenvalue weighted by Gasteiger charge is -2.19. The molecule has 0 bridgehead atoms. The first-order chi connectivity index (χ1) is 7.83. The fraction of sp³-hybridized carbons (Fsp3) is 0.462. The van der Waals surface area contributed by atoms with Gasteiger partial charge in [-0.2, -0.15) is 0 Å². The molecule has 1 rings (SSSR count). The maximum Gasteiger partial charge on any atom is 0.161 e. The SMILES string of the molecule is COc1cc(C(C)=O)ccc1OCC(C)(C)O. The zero-order valence-corrected chi connectivity index (χ0v) is 10.6. The first-order valence-corrected chi connectivity index (χ1v) is 5.37. The summed E-state index contributed by atoms with van der Waals surface area (Å²) in [5.74, 6) is 0.971. The monoisotopic (exact) mass is 238 g/mol. The van der Waals surface area contributed by atoms with E-state index >= 15 is 0 Å². The van der Waals surface area contributed by atoms with Crippen LogP contribution in [0.3, 0.4) is 0 Å². The van der Waals surface area contributed by atoms with Crippen LogP contribution in [0.5, 0.6) is 11.5 Å². The maximum atomic E-state index is 11.2. The number of methoxy groups -OCH3 is 1. The predicted molar refractivity (Wildman–Crippen MR) is 64.8 cm³/mol. The molecule has 0 amide bonds. The zero-order chi connectivity index (χ0) is 13.1. The van der Waals surface area contributed by atoms with Crippen LogP contribution in [0.4, 0.5) is 0 Å². The Kier molecular flexibility index (Phi) is 4.12.